The highest BCUT2D eigenvalue weighted by molar-refractivity contribution is 7.90. The quantitative estimate of drug-likeness (QED) is 0.791. The van der Waals surface area contributed by atoms with E-state index in [1.54, 1.807) is 11.4 Å². The Balaban J connectivity index is 1.29. The molecule has 0 radical (unpaired) electrons. The Labute approximate surface area is 157 Å². The minimum atomic E-state index is -2.99. The number of benzene rings is 1. The molecule has 1 spiro atoms. The number of likely N-dealkylation sites (tertiary alicyclic amines) is 1. The molecule has 3 aliphatic rings. The van der Waals surface area contributed by atoms with Gasteiger partial charge in [-0.05, 0) is 74.7 Å². The van der Waals surface area contributed by atoms with Gasteiger partial charge in [-0.1, -0.05) is 12.1 Å². The summed E-state index contributed by atoms with van der Waals surface area (Å²) < 4.78 is 32.0. The summed E-state index contributed by atoms with van der Waals surface area (Å²) in [5, 5.41) is -0.0683. The average Bonchev–Trinajstić information content (AvgIpc) is 3.50. The van der Waals surface area contributed by atoms with Crippen molar-refractivity contribution < 1.29 is 13.2 Å². The molecule has 4 rings (SSSR count). The largest absolute Gasteiger partial charge is 0.497 e. The Morgan fingerprint density at radius 1 is 1.08 bits per heavy atom. The van der Waals surface area contributed by atoms with Gasteiger partial charge < -0.3 is 4.74 Å². The van der Waals surface area contributed by atoms with Crippen molar-refractivity contribution >= 4 is 10.0 Å². The van der Waals surface area contributed by atoms with Crippen molar-refractivity contribution in [3.63, 3.8) is 0 Å². The number of sulfonamides is 1. The van der Waals surface area contributed by atoms with E-state index >= 15 is 0 Å². The lowest BCUT2D eigenvalue weighted by molar-refractivity contribution is 0.0529. The maximum atomic E-state index is 12.4. The molecule has 1 aromatic rings. The number of hydrogen-bond acceptors (Lipinski definition) is 4. The zero-order chi connectivity index (χ0) is 18.2. The van der Waals surface area contributed by atoms with E-state index in [0.29, 0.717) is 5.41 Å². The molecule has 0 amide bonds. The lowest BCUT2D eigenvalue weighted by Crippen LogP contribution is -2.48. The average molecular weight is 379 g/mol. The molecule has 1 aromatic carbocycles. The van der Waals surface area contributed by atoms with Crippen molar-refractivity contribution in [2.45, 2.75) is 50.3 Å². The second-order valence-corrected chi connectivity index (χ2v) is 10.5. The van der Waals surface area contributed by atoms with Crippen LogP contribution in [0.25, 0.3) is 0 Å². The van der Waals surface area contributed by atoms with Crippen molar-refractivity contribution in [3.05, 3.63) is 29.8 Å². The van der Waals surface area contributed by atoms with Gasteiger partial charge in [0.15, 0.2) is 0 Å². The summed E-state index contributed by atoms with van der Waals surface area (Å²) in [7, 11) is -1.28. The number of rotatable bonds is 5. The van der Waals surface area contributed by atoms with Crippen LogP contribution in [0.15, 0.2) is 24.3 Å². The number of piperidine rings is 2. The van der Waals surface area contributed by atoms with Gasteiger partial charge in [0.25, 0.3) is 0 Å². The molecule has 5 nitrogen and oxygen atoms in total. The lowest BCUT2D eigenvalue weighted by Gasteiger charge is -2.46. The van der Waals surface area contributed by atoms with Crippen LogP contribution in [0.3, 0.4) is 0 Å². The summed E-state index contributed by atoms with van der Waals surface area (Å²) in [5.41, 5.74) is 1.66. The molecule has 6 heteroatoms. The van der Waals surface area contributed by atoms with Crippen molar-refractivity contribution in [2.24, 2.45) is 5.41 Å². The fraction of sp³-hybridized carbons (Fsp3) is 0.700. The zero-order valence-corrected chi connectivity index (χ0v) is 16.5. The SMILES string of the molecule is COc1cccc(CN2CCC3(CC2)CCN(S(=O)(=O)C2CC2)CC3)c1. The van der Waals surface area contributed by atoms with E-state index < -0.39 is 10.0 Å². The van der Waals surface area contributed by atoms with E-state index in [9.17, 15) is 8.42 Å². The molecule has 2 aliphatic heterocycles. The van der Waals surface area contributed by atoms with Gasteiger partial charge in [0.2, 0.25) is 10.0 Å². The van der Waals surface area contributed by atoms with E-state index in [1.165, 1.54) is 18.4 Å². The Kier molecular flexibility index (Phi) is 5.01. The van der Waals surface area contributed by atoms with Gasteiger partial charge in [0, 0.05) is 19.6 Å². The smallest absolute Gasteiger partial charge is 0.216 e. The third-order valence-corrected chi connectivity index (χ3v) is 8.94. The Morgan fingerprint density at radius 3 is 2.35 bits per heavy atom. The molecule has 26 heavy (non-hydrogen) atoms. The van der Waals surface area contributed by atoms with Gasteiger partial charge in [-0.25, -0.2) is 12.7 Å². The van der Waals surface area contributed by atoms with Crippen LogP contribution in [0.4, 0.5) is 0 Å². The van der Waals surface area contributed by atoms with Gasteiger partial charge in [-0.3, -0.25) is 4.90 Å². The predicted molar refractivity (Wildman–Crippen MR) is 103 cm³/mol. The third kappa shape index (κ3) is 3.78. The molecule has 0 atom stereocenters. The summed E-state index contributed by atoms with van der Waals surface area (Å²) in [5.74, 6) is 0.917. The highest BCUT2D eigenvalue weighted by Crippen LogP contribution is 2.43. The molecular formula is C20H30N2O3S. The summed E-state index contributed by atoms with van der Waals surface area (Å²) in [6.07, 6.45) is 6.17. The van der Waals surface area contributed by atoms with Crippen molar-refractivity contribution in [2.75, 3.05) is 33.3 Å². The van der Waals surface area contributed by atoms with E-state index in [1.807, 2.05) is 6.07 Å². The highest BCUT2D eigenvalue weighted by Gasteiger charge is 2.44. The van der Waals surface area contributed by atoms with Gasteiger partial charge in [-0.2, -0.15) is 0 Å². The van der Waals surface area contributed by atoms with Gasteiger partial charge in [-0.15, -0.1) is 0 Å². The second-order valence-electron chi connectivity index (χ2n) is 8.27. The lowest BCUT2D eigenvalue weighted by atomic mass is 9.71. The number of methoxy groups -OCH3 is 1. The van der Waals surface area contributed by atoms with Crippen LogP contribution in [0.1, 0.15) is 44.1 Å². The molecule has 3 fully saturated rings. The summed E-state index contributed by atoms with van der Waals surface area (Å²) in [6, 6.07) is 8.31. The van der Waals surface area contributed by atoms with Gasteiger partial charge >= 0.3 is 0 Å². The molecule has 1 saturated carbocycles. The summed E-state index contributed by atoms with van der Waals surface area (Å²) in [4.78, 5) is 2.52. The Bertz CT molecular complexity index is 727. The predicted octanol–water partition coefficient (Wildman–Crippen LogP) is 2.87. The maximum Gasteiger partial charge on any atom is 0.216 e. The van der Waals surface area contributed by atoms with Crippen LogP contribution in [-0.4, -0.2) is 56.2 Å². The van der Waals surface area contributed by atoms with E-state index in [2.05, 4.69) is 23.1 Å². The summed E-state index contributed by atoms with van der Waals surface area (Å²) >= 11 is 0. The van der Waals surface area contributed by atoms with Crippen molar-refractivity contribution in [3.8, 4) is 5.75 Å². The zero-order valence-electron chi connectivity index (χ0n) is 15.7. The fourth-order valence-electron chi connectivity index (χ4n) is 4.51. The first kappa shape index (κ1) is 18.3. The number of ether oxygens (including phenoxy) is 1. The number of nitrogens with zero attached hydrogens (tertiary/aromatic N) is 2. The standard InChI is InChI=1S/C20H30N2O3S/c1-25-18-4-2-3-17(15-18)16-21-11-7-20(8-12-21)9-13-22(14-10-20)26(23,24)19-5-6-19/h2-4,15,19H,5-14,16H2,1H3. The minimum Gasteiger partial charge on any atom is -0.497 e. The van der Waals surface area contributed by atoms with E-state index in [-0.39, 0.29) is 5.25 Å². The Hall–Kier alpha value is -1.11. The molecule has 0 bridgehead atoms. The molecule has 2 saturated heterocycles. The first-order valence-corrected chi connectivity index (χ1v) is 11.4. The topological polar surface area (TPSA) is 49.9 Å². The minimum absolute atomic E-state index is 0.0683. The third-order valence-electron chi connectivity index (χ3n) is 6.55. The fourth-order valence-corrected chi connectivity index (χ4v) is 6.35. The van der Waals surface area contributed by atoms with Crippen molar-refractivity contribution in [1.82, 2.24) is 9.21 Å². The van der Waals surface area contributed by atoms with E-state index in [0.717, 1.165) is 64.2 Å². The summed E-state index contributed by atoms with van der Waals surface area (Å²) in [6.45, 7) is 4.64. The molecule has 1 aliphatic carbocycles. The molecule has 0 N–H and O–H groups in total. The molecule has 0 unspecified atom stereocenters. The first-order chi connectivity index (χ1) is 12.5. The van der Waals surface area contributed by atoms with Crippen LogP contribution >= 0.6 is 0 Å². The highest BCUT2D eigenvalue weighted by atomic mass is 32.2. The van der Waals surface area contributed by atoms with Crippen molar-refractivity contribution in [1.29, 1.82) is 0 Å². The normalized spacial score (nSPS) is 24.7. The molecule has 0 aromatic heterocycles. The van der Waals surface area contributed by atoms with Crippen LogP contribution in [0.2, 0.25) is 0 Å². The Morgan fingerprint density at radius 2 is 1.73 bits per heavy atom. The van der Waals surface area contributed by atoms with Gasteiger partial charge in [0.05, 0.1) is 12.4 Å². The molecule has 2 heterocycles. The monoisotopic (exact) mass is 378 g/mol. The maximum absolute atomic E-state index is 12.4. The number of hydrogen-bond donors (Lipinski definition) is 0. The van der Waals surface area contributed by atoms with Crippen LogP contribution in [0, 0.1) is 5.41 Å². The van der Waals surface area contributed by atoms with Gasteiger partial charge in [0.1, 0.15) is 5.75 Å². The van der Waals surface area contributed by atoms with Crippen LogP contribution in [-0.2, 0) is 16.6 Å². The van der Waals surface area contributed by atoms with Crippen LogP contribution in [0.5, 0.6) is 5.75 Å². The second kappa shape index (κ2) is 7.13. The molecule has 144 valence electrons. The molecular weight excluding hydrogens is 348 g/mol. The van der Waals surface area contributed by atoms with E-state index in [4.69, 9.17) is 4.74 Å². The van der Waals surface area contributed by atoms with Crippen LogP contribution < -0.4 is 4.74 Å². The first-order valence-electron chi connectivity index (χ1n) is 9.85.